The fraction of sp³-hybridized carbons (Fsp3) is 0.391. The van der Waals surface area contributed by atoms with Crippen LogP contribution in [0.3, 0.4) is 0 Å². The topological polar surface area (TPSA) is 49.4 Å². The molecule has 1 heterocycles. The van der Waals surface area contributed by atoms with E-state index in [0.29, 0.717) is 0 Å². The number of hydrogen-bond donors (Lipinski definition) is 1. The minimum Gasteiger partial charge on any atom is -0.388 e. The van der Waals surface area contributed by atoms with Gasteiger partial charge in [0.15, 0.2) is 0 Å². The van der Waals surface area contributed by atoms with Crippen molar-refractivity contribution in [2.75, 3.05) is 25.5 Å². The fourth-order valence-corrected chi connectivity index (χ4v) is 2.62. The first-order valence-corrected chi connectivity index (χ1v) is 9.34. The summed E-state index contributed by atoms with van der Waals surface area (Å²) in [7, 11) is 1.93. The van der Waals surface area contributed by atoms with E-state index in [4.69, 9.17) is 9.59 Å². The second-order valence-electron chi connectivity index (χ2n) is 5.51. The van der Waals surface area contributed by atoms with Crippen molar-refractivity contribution < 1.29 is 9.59 Å². The molecule has 0 spiro atoms. The summed E-state index contributed by atoms with van der Waals surface area (Å²) < 4.78 is 0. The van der Waals surface area contributed by atoms with Gasteiger partial charge in [-0.3, -0.25) is 4.90 Å². The minimum atomic E-state index is 1.15. The number of nitrogens with one attached hydrogen (secondary N) is 1. The Morgan fingerprint density at radius 2 is 1.56 bits per heavy atom. The highest BCUT2D eigenvalue weighted by Gasteiger charge is 2.12. The summed E-state index contributed by atoms with van der Waals surface area (Å²) in [5.74, 6) is 0. The maximum atomic E-state index is 8.00. The van der Waals surface area contributed by atoms with Crippen LogP contribution in [0.4, 0.5) is 5.69 Å². The third-order valence-corrected chi connectivity index (χ3v) is 3.96. The summed E-state index contributed by atoms with van der Waals surface area (Å²) in [5, 5.41) is 3.07. The van der Waals surface area contributed by atoms with Crippen molar-refractivity contribution in [3.8, 4) is 0 Å². The molecule has 0 saturated heterocycles. The highest BCUT2D eigenvalue weighted by atomic mass is 16.1. The number of fused-ring (bicyclic) bond motifs is 1. The molecule has 0 saturated carbocycles. The Kier molecular flexibility index (Phi) is 18.2. The van der Waals surface area contributed by atoms with Crippen LogP contribution in [0.2, 0.25) is 0 Å². The van der Waals surface area contributed by atoms with Gasteiger partial charge in [-0.15, -0.1) is 0 Å². The first-order valence-electron chi connectivity index (χ1n) is 9.34. The molecule has 1 aliphatic heterocycles. The number of anilines is 1. The third kappa shape index (κ3) is 11.0. The molecule has 1 N–H and O–H groups in total. The van der Waals surface area contributed by atoms with Crippen LogP contribution in [0.1, 0.15) is 37.5 Å². The zero-order valence-electron chi connectivity index (χ0n) is 17.6. The first-order chi connectivity index (χ1) is 13.2. The predicted octanol–water partition coefficient (Wildman–Crippen LogP) is 4.76. The van der Waals surface area contributed by atoms with E-state index in [1.165, 1.54) is 36.3 Å². The van der Waals surface area contributed by atoms with Crippen molar-refractivity contribution in [2.45, 2.75) is 40.7 Å². The minimum absolute atomic E-state index is 1.15. The molecule has 1 aliphatic rings. The number of hydrogen-bond acceptors (Lipinski definition) is 4. The molecule has 3 rings (SSSR count). The van der Waals surface area contributed by atoms with Crippen LogP contribution in [0, 0.1) is 6.92 Å². The summed E-state index contributed by atoms with van der Waals surface area (Å²) in [5.41, 5.74) is 5.53. The fourth-order valence-electron chi connectivity index (χ4n) is 2.62. The van der Waals surface area contributed by atoms with Gasteiger partial charge in [0.05, 0.1) is 0 Å². The normalized spacial score (nSPS) is 11.3. The summed E-state index contributed by atoms with van der Waals surface area (Å²) >= 11 is 0. The van der Waals surface area contributed by atoms with Crippen LogP contribution in [0.5, 0.6) is 0 Å². The Morgan fingerprint density at radius 1 is 0.963 bits per heavy atom. The van der Waals surface area contributed by atoms with Crippen molar-refractivity contribution in [1.29, 1.82) is 0 Å². The molecule has 0 aromatic heterocycles. The standard InChI is InChI=1S/C11H15N.C8H11N.C2H6.2CH2O/c1-2-12-8-7-10-5-3-4-6-11(10)9-12;1-7-4-3-5-8(6-7)9-2;3*1-2/h3-6H,2,7-9H2,1H3;3-6,9H,1-2H3;1-2H3;2*1H2. The third-order valence-electron chi connectivity index (χ3n) is 3.96. The monoisotopic (exact) mass is 372 g/mol. The molecular weight excluding hydrogens is 336 g/mol. The van der Waals surface area contributed by atoms with E-state index in [1.807, 2.05) is 46.6 Å². The van der Waals surface area contributed by atoms with Gasteiger partial charge in [0.25, 0.3) is 0 Å². The van der Waals surface area contributed by atoms with Crippen molar-refractivity contribution in [2.24, 2.45) is 0 Å². The Balaban J connectivity index is 0. The number of carbonyl (C=O) groups is 2. The van der Waals surface area contributed by atoms with Gasteiger partial charge in [-0.25, -0.2) is 0 Å². The average molecular weight is 373 g/mol. The summed E-state index contributed by atoms with van der Waals surface area (Å²) in [4.78, 5) is 18.5. The van der Waals surface area contributed by atoms with Crippen LogP contribution in [0.25, 0.3) is 0 Å². The van der Waals surface area contributed by atoms with Gasteiger partial charge in [-0.1, -0.05) is 57.2 Å². The van der Waals surface area contributed by atoms with Crippen LogP contribution in [0.15, 0.2) is 48.5 Å². The number of rotatable bonds is 2. The molecule has 150 valence electrons. The van der Waals surface area contributed by atoms with Crippen molar-refractivity contribution in [1.82, 2.24) is 4.90 Å². The zero-order valence-corrected chi connectivity index (χ0v) is 17.6. The SMILES string of the molecule is C=O.C=O.CC.CCN1CCc2ccccc2C1.CNc1cccc(C)c1. The van der Waals surface area contributed by atoms with Crippen molar-refractivity contribution >= 4 is 19.3 Å². The van der Waals surface area contributed by atoms with E-state index < -0.39 is 0 Å². The maximum absolute atomic E-state index is 8.00. The van der Waals surface area contributed by atoms with Gasteiger partial charge in [-0.2, -0.15) is 0 Å². The number of benzene rings is 2. The largest absolute Gasteiger partial charge is 0.388 e. The average Bonchev–Trinajstić information content (AvgIpc) is 2.78. The van der Waals surface area contributed by atoms with Crippen LogP contribution in [-0.2, 0) is 22.6 Å². The van der Waals surface area contributed by atoms with E-state index in [-0.39, 0.29) is 0 Å². The Bertz CT molecular complexity index is 600. The molecule has 4 heteroatoms. The zero-order chi connectivity index (χ0) is 21.1. The number of carbonyl (C=O) groups excluding carboxylic acids is 2. The lowest BCUT2D eigenvalue weighted by molar-refractivity contribution is -0.0987. The van der Waals surface area contributed by atoms with E-state index in [9.17, 15) is 0 Å². The molecule has 2 aromatic carbocycles. The van der Waals surface area contributed by atoms with Crippen LogP contribution in [-0.4, -0.2) is 38.6 Å². The lowest BCUT2D eigenvalue weighted by atomic mass is 10.0. The van der Waals surface area contributed by atoms with Crippen LogP contribution >= 0.6 is 0 Å². The van der Waals surface area contributed by atoms with Gasteiger partial charge in [0, 0.05) is 25.8 Å². The summed E-state index contributed by atoms with van der Waals surface area (Å²) in [6.07, 6.45) is 1.23. The quantitative estimate of drug-likeness (QED) is 0.826. The first kappa shape index (κ1) is 26.8. The molecule has 27 heavy (non-hydrogen) atoms. The van der Waals surface area contributed by atoms with Gasteiger partial charge in [0.2, 0.25) is 0 Å². The molecular formula is C23H36N2O2. The summed E-state index contributed by atoms with van der Waals surface area (Å²) in [6, 6.07) is 17.1. The van der Waals surface area contributed by atoms with Gasteiger partial charge in [0.1, 0.15) is 13.6 Å². The lowest BCUT2D eigenvalue weighted by Crippen LogP contribution is -2.29. The van der Waals surface area contributed by atoms with Gasteiger partial charge < -0.3 is 14.9 Å². The van der Waals surface area contributed by atoms with Gasteiger partial charge in [-0.05, 0) is 48.7 Å². The Morgan fingerprint density at radius 3 is 2.04 bits per heavy atom. The highest BCUT2D eigenvalue weighted by Crippen LogP contribution is 2.17. The van der Waals surface area contributed by atoms with E-state index in [1.54, 1.807) is 5.56 Å². The molecule has 0 unspecified atom stereocenters. The molecule has 2 aromatic rings. The molecule has 0 radical (unpaired) electrons. The lowest BCUT2D eigenvalue weighted by Gasteiger charge is -2.27. The van der Waals surface area contributed by atoms with Crippen molar-refractivity contribution in [3.63, 3.8) is 0 Å². The summed E-state index contributed by atoms with van der Waals surface area (Å²) in [6.45, 7) is 15.9. The molecule has 0 fully saturated rings. The van der Waals surface area contributed by atoms with E-state index >= 15 is 0 Å². The molecule has 0 bridgehead atoms. The molecule has 0 amide bonds. The second-order valence-corrected chi connectivity index (χ2v) is 5.51. The Labute approximate surface area is 165 Å². The number of aryl methyl sites for hydroxylation is 1. The van der Waals surface area contributed by atoms with Crippen LogP contribution < -0.4 is 5.32 Å². The maximum Gasteiger partial charge on any atom is 0.106 e. The van der Waals surface area contributed by atoms with E-state index in [0.717, 1.165) is 6.54 Å². The molecule has 0 atom stereocenters. The molecule has 4 nitrogen and oxygen atoms in total. The number of likely N-dealkylation sites (N-methyl/N-ethyl adjacent to an activating group) is 1. The molecule has 0 aliphatic carbocycles. The van der Waals surface area contributed by atoms with E-state index in [2.05, 4.69) is 60.5 Å². The smallest absolute Gasteiger partial charge is 0.106 e. The predicted molar refractivity (Wildman–Crippen MR) is 117 cm³/mol. The van der Waals surface area contributed by atoms with Crippen molar-refractivity contribution in [3.05, 3.63) is 65.2 Å². The number of nitrogens with zero attached hydrogens (tertiary/aromatic N) is 1. The Hall–Kier alpha value is -2.46. The highest BCUT2D eigenvalue weighted by molar-refractivity contribution is 5.44. The van der Waals surface area contributed by atoms with Gasteiger partial charge >= 0.3 is 0 Å². The second kappa shape index (κ2) is 18.3.